The van der Waals surface area contributed by atoms with Crippen LogP contribution in [-0.2, 0) is 0 Å². The Morgan fingerprint density at radius 1 is 0.850 bits per heavy atom. The van der Waals surface area contributed by atoms with E-state index in [0.29, 0.717) is 12.2 Å². The van der Waals surface area contributed by atoms with E-state index >= 15 is 0 Å². The maximum atomic E-state index is 12.3. The van der Waals surface area contributed by atoms with Crippen LogP contribution in [-0.4, -0.2) is 5.78 Å². The molecule has 0 saturated heterocycles. The minimum Gasteiger partial charge on any atom is -0.294 e. The second kappa shape index (κ2) is 8.94. The number of ketones is 1. The Morgan fingerprint density at radius 3 is 1.90 bits per heavy atom. The molecule has 0 aliphatic heterocycles. The molecule has 0 aliphatic carbocycles. The molecule has 112 valence electrons. The van der Waals surface area contributed by atoms with E-state index in [1.54, 1.807) is 0 Å². The number of unbranched alkanes of at least 4 members (excludes halogenated alkanes) is 6. The van der Waals surface area contributed by atoms with E-state index in [1.165, 1.54) is 44.1 Å². The zero-order chi connectivity index (χ0) is 15.0. The number of rotatable bonds is 9. The van der Waals surface area contributed by atoms with Crippen LogP contribution in [0.5, 0.6) is 0 Å². The molecule has 0 heterocycles. The first-order valence-corrected chi connectivity index (χ1v) is 8.17. The van der Waals surface area contributed by atoms with Gasteiger partial charge < -0.3 is 0 Å². The monoisotopic (exact) mass is 274 g/mol. The molecule has 1 heteroatoms. The van der Waals surface area contributed by atoms with E-state index < -0.39 is 0 Å². The van der Waals surface area contributed by atoms with Gasteiger partial charge in [0.1, 0.15) is 0 Å². The van der Waals surface area contributed by atoms with Gasteiger partial charge in [-0.15, -0.1) is 0 Å². The molecule has 1 rings (SSSR count). The van der Waals surface area contributed by atoms with Crippen LogP contribution in [0.3, 0.4) is 0 Å². The molecule has 20 heavy (non-hydrogen) atoms. The maximum absolute atomic E-state index is 12.3. The lowest BCUT2D eigenvalue weighted by Gasteiger charge is -2.10. The highest BCUT2D eigenvalue weighted by atomic mass is 16.1. The topological polar surface area (TPSA) is 17.1 Å². The molecule has 1 nitrogen and oxygen atoms in total. The van der Waals surface area contributed by atoms with Crippen LogP contribution < -0.4 is 0 Å². The second-order valence-electron chi connectivity index (χ2n) is 6.07. The lowest BCUT2D eigenvalue weighted by Crippen LogP contribution is -2.05. The van der Waals surface area contributed by atoms with E-state index in [1.807, 2.05) is 0 Å². The summed E-state index contributed by atoms with van der Waals surface area (Å²) in [6.45, 7) is 8.44. The summed E-state index contributed by atoms with van der Waals surface area (Å²) in [6, 6.07) is 4.23. The fourth-order valence-electron chi connectivity index (χ4n) is 2.99. The molecule has 0 spiro atoms. The van der Waals surface area contributed by atoms with Gasteiger partial charge in [-0.25, -0.2) is 0 Å². The van der Waals surface area contributed by atoms with E-state index in [0.717, 1.165) is 23.1 Å². The largest absolute Gasteiger partial charge is 0.294 e. The van der Waals surface area contributed by atoms with Crippen LogP contribution in [0.2, 0.25) is 0 Å². The normalized spacial score (nSPS) is 10.8. The van der Waals surface area contributed by atoms with Crippen LogP contribution >= 0.6 is 0 Å². The number of carbonyl (C=O) groups is 1. The summed E-state index contributed by atoms with van der Waals surface area (Å²) in [4.78, 5) is 12.3. The van der Waals surface area contributed by atoms with Gasteiger partial charge >= 0.3 is 0 Å². The summed E-state index contributed by atoms with van der Waals surface area (Å²) in [5.74, 6) is 0.327. The van der Waals surface area contributed by atoms with Crippen molar-refractivity contribution in [3.8, 4) is 0 Å². The van der Waals surface area contributed by atoms with Gasteiger partial charge in [-0.1, -0.05) is 63.1 Å². The summed E-state index contributed by atoms with van der Waals surface area (Å²) in [7, 11) is 0. The first-order chi connectivity index (χ1) is 9.56. The van der Waals surface area contributed by atoms with Gasteiger partial charge in [0.05, 0.1) is 0 Å². The van der Waals surface area contributed by atoms with E-state index in [4.69, 9.17) is 0 Å². The molecular formula is C19H30O. The van der Waals surface area contributed by atoms with Crippen LogP contribution in [0.25, 0.3) is 0 Å². The molecule has 0 bridgehead atoms. The van der Waals surface area contributed by atoms with Crippen molar-refractivity contribution in [2.75, 3.05) is 0 Å². The third kappa shape index (κ3) is 5.48. The van der Waals surface area contributed by atoms with Gasteiger partial charge in [-0.3, -0.25) is 4.79 Å². The minimum absolute atomic E-state index is 0.327. The molecular weight excluding hydrogens is 244 g/mol. The second-order valence-corrected chi connectivity index (χ2v) is 6.07. The Bertz CT molecular complexity index is 408. The Hall–Kier alpha value is -1.11. The highest BCUT2D eigenvalue weighted by Crippen LogP contribution is 2.19. The average Bonchev–Trinajstić information content (AvgIpc) is 2.36. The van der Waals surface area contributed by atoms with Crippen molar-refractivity contribution in [1.82, 2.24) is 0 Å². The van der Waals surface area contributed by atoms with Crippen molar-refractivity contribution in [2.24, 2.45) is 0 Å². The molecule has 0 amide bonds. The highest BCUT2D eigenvalue weighted by Gasteiger charge is 2.12. The quantitative estimate of drug-likeness (QED) is 0.402. The summed E-state index contributed by atoms with van der Waals surface area (Å²) in [5.41, 5.74) is 4.47. The van der Waals surface area contributed by atoms with Crippen molar-refractivity contribution >= 4 is 5.78 Å². The lowest BCUT2D eigenvalue weighted by molar-refractivity contribution is 0.0978. The molecule has 0 radical (unpaired) electrons. The average molecular weight is 274 g/mol. The highest BCUT2D eigenvalue weighted by molar-refractivity contribution is 5.98. The van der Waals surface area contributed by atoms with Crippen LogP contribution in [0.1, 0.15) is 85.3 Å². The number of aryl methyl sites for hydroxylation is 3. The van der Waals surface area contributed by atoms with E-state index in [2.05, 4.69) is 39.8 Å². The fourth-order valence-corrected chi connectivity index (χ4v) is 2.99. The summed E-state index contributed by atoms with van der Waals surface area (Å²) in [5, 5.41) is 0. The zero-order valence-corrected chi connectivity index (χ0v) is 13.7. The molecule has 1 aromatic rings. The molecule has 0 aromatic heterocycles. The molecule has 1 aromatic carbocycles. The first-order valence-electron chi connectivity index (χ1n) is 8.17. The molecule has 0 saturated carbocycles. The zero-order valence-electron chi connectivity index (χ0n) is 13.7. The van der Waals surface area contributed by atoms with Crippen LogP contribution in [0, 0.1) is 20.8 Å². The van der Waals surface area contributed by atoms with Crippen molar-refractivity contribution in [3.63, 3.8) is 0 Å². The Kier molecular flexibility index (Phi) is 7.58. The van der Waals surface area contributed by atoms with Crippen molar-refractivity contribution in [3.05, 3.63) is 34.4 Å². The minimum atomic E-state index is 0.327. The number of Topliss-reactive ketones (excluding diaryl/α,β-unsaturated/α-hetero) is 1. The Morgan fingerprint density at radius 2 is 1.35 bits per heavy atom. The van der Waals surface area contributed by atoms with Gasteiger partial charge in [-0.2, -0.15) is 0 Å². The molecule has 0 atom stereocenters. The van der Waals surface area contributed by atoms with E-state index in [-0.39, 0.29) is 0 Å². The lowest BCUT2D eigenvalue weighted by atomic mass is 9.94. The molecule has 0 N–H and O–H groups in total. The predicted molar refractivity (Wildman–Crippen MR) is 87.6 cm³/mol. The third-order valence-electron chi connectivity index (χ3n) is 3.96. The maximum Gasteiger partial charge on any atom is 0.163 e. The van der Waals surface area contributed by atoms with Gasteiger partial charge in [0, 0.05) is 12.0 Å². The van der Waals surface area contributed by atoms with Crippen LogP contribution in [0.4, 0.5) is 0 Å². The van der Waals surface area contributed by atoms with Crippen LogP contribution in [0.15, 0.2) is 12.1 Å². The standard InChI is InChI=1S/C19H30O/c1-5-6-7-8-9-10-11-12-18(20)19-16(3)13-15(2)14-17(19)4/h13-14H,5-12H2,1-4H3. The molecule has 0 aliphatic rings. The van der Waals surface area contributed by atoms with Crippen molar-refractivity contribution in [1.29, 1.82) is 0 Å². The van der Waals surface area contributed by atoms with Crippen molar-refractivity contribution in [2.45, 2.75) is 79.1 Å². The summed E-state index contributed by atoms with van der Waals surface area (Å²) < 4.78 is 0. The number of hydrogen-bond acceptors (Lipinski definition) is 1. The Labute approximate surface area is 124 Å². The third-order valence-corrected chi connectivity index (χ3v) is 3.96. The fraction of sp³-hybridized carbons (Fsp3) is 0.632. The summed E-state index contributed by atoms with van der Waals surface area (Å²) in [6.07, 6.45) is 9.53. The number of benzene rings is 1. The summed E-state index contributed by atoms with van der Waals surface area (Å²) >= 11 is 0. The molecule has 0 fully saturated rings. The van der Waals surface area contributed by atoms with Gasteiger partial charge in [0.15, 0.2) is 5.78 Å². The van der Waals surface area contributed by atoms with Crippen molar-refractivity contribution < 1.29 is 4.79 Å². The molecule has 0 unspecified atom stereocenters. The van der Waals surface area contributed by atoms with E-state index in [9.17, 15) is 4.79 Å². The predicted octanol–water partition coefficient (Wildman–Crippen LogP) is 5.94. The van der Waals surface area contributed by atoms with Gasteiger partial charge in [0.25, 0.3) is 0 Å². The smallest absolute Gasteiger partial charge is 0.163 e. The van der Waals surface area contributed by atoms with Gasteiger partial charge in [0.2, 0.25) is 0 Å². The van der Waals surface area contributed by atoms with Gasteiger partial charge in [-0.05, 0) is 38.3 Å². The first kappa shape index (κ1) is 16.9. The number of carbonyl (C=O) groups excluding carboxylic acids is 1. The Balaban J connectivity index is 2.37. The number of hydrogen-bond donors (Lipinski definition) is 0. The SMILES string of the molecule is CCCCCCCCCC(=O)c1c(C)cc(C)cc1C.